The smallest absolute Gasteiger partial charge is 0.374 e. The molecule has 1 heterocycles. The monoisotopic (exact) mass is 501 g/mol. The van der Waals surface area contributed by atoms with E-state index in [0.717, 1.165) is 38.7 Å². The van der Waals surface area contributed by atoms with Gasteiger partial charge in [0.1, 0.15) is 0 Å². The maximum atomic E-state index is 12.0. The van der Waals surface area contributed by atoms with E-state index in [1.54, 1.807) is 19.2 Å². The highest BCUT2D eigenvalue weighted by Crippen LogP contribution is 2.34. The van der Waals surface area contributed by atoms with Crippen molar-refractivity contribution in [3.63, 3.8) is 0 Å². The summed E-state index contributed by atoms with van der Waals surface area (Å²) in [5.74, 6) is 0. The van der Waals surface area contributed by atoms with E-state index in [9.17, 15) is 16.8 Å². The summed E-state index contributed by atoms with van der Waals surface area (Å²) in [6.07, 6.45) is 1.13. The quantitative estimate of drug-likeness (QED) is 0.331. The minimum absolute atomic E-state index is 0.157. The van der Waals surface area contributed by atoms with Crippen molar-refractivity contribution in [2.45, 2.75) is 6.42 Å². The second-order valence-electron chi connectivity index (χ2n) is 7.59. The summed E-state index contributed by atoms with van der Waals surface area (Å²) in [4.78, 5) is 4.74. The number of nitrogens with one attached hydrogen (secondary N) is 2. The third-order valence-corrected chi connectivity index (χ3v) is 7.18. The van der Waals surface area contributed by atoms with Gasteiger partial charge in [-0.05, 0) is 42.3 Å². The average molecular weight is 502 g/mol. The van der Waals surface area contributed by atoms with Crippen LogP contribution in [-0.4, -0.2) is 41.8 Å². The van der Waals surface area contributed by atoms with Crippen molar-refractivity contribution in [1.29, 1.82) is 0 Å². The first-order valence-electron chi connectivity index (χ1n) is 10.3. The Balaban J connectivity index is 1.77. The van der Waals surface area contributed by atoms with Crippen LogP contribution in [0.3, 0.4) is 0 Å². The van der Waals surface area contributed by atoms with Gasteiger partial charge in [0.25, 0.3) is 10.1 Å². The normalized spacial score (nSPS) is 12.2. The van der Waals surface area contributed by atoms with Crippen molar-refractivity contribution in [2.24, 2.45) is 0 Å². The molecule has 1 aromatic heterocycles. The van der Waals surface area contributed by atoms with Gasteiger partial charge in [-0.1, -0.05) is 36.4 Å². The molecule has 9 nitrogen and oxygen atoms in total. The molecule has 0 spiro atoms. The van der Waals surface area contributed by atoms with E-state index in [2.05, 4.69) is 13.7 Å². The Kier molecular flexibility index (Phi) is 6.71. The Morgan fingerprint density at radius 1 is 0.882 bits per heavy atom. The fourth-order valence-electron chi connectivity index (χ4n) is 3.63. The molecule has 34 heavy (non-hydrogen) atoms. The lowest BCUT2D eigenvalue weighted by molar-refractivity contribution is 0.202. The van der Waals surface area contributed by atoms with Crippen molar-refractivity contribution in [3.8, 4) is 0 Å². The Morgan fingerprint density at radius 3 is 2.09 bits per heavy atom. The number of aromatic nitrogens is 1. The van der Waals surface area contributed by atoms with Gasteiger partial charge < -0.3 is 10.1 Å². The number of hydrogen-bond acceptors (Lipinski definition) is 8. The Bertz CT molecular complexity index is 1520. The fourth-order valence-corrected chi connectivity index (χ4v) is 5.48. The Morgan fingerprint density at radius 2 is 1.50 bits per heavy atom. The highest BCUT2D eigenvalue weighted by molar-refractivity contribution is 8.00. The first kappa shape index (κ1) is 23.9. The molecule has 0 bridgehead atoms. The molecule has 4 aromatic rings. The first-order chi connectivity index (χ1) is 16.1. The van der Waals surface area contributed by atoms with Crippen LogP contribution in [0.1, 0.15) is 5.56 Å². The molecule has 0 fully saturated rings. The zero-order valence-electron chi connectivity index (χ0n) is 18.5. The molecule has 3 aromatic carbocycles. The number of rotatable bonds is 9. The summed E-state index contributed by atoms with van der Waals surface area (Å²) >= 11 is 0. The number of fused-ring (bicyclic) bond motifs is 2. The highest BCUT2D eigenvalue weighted by atomic mass is 32.3. The van der Waals surface area contributed by atoms with Crippen molar-refractivity contribution < 1.29 is 25.2 Å². The Labute approximate surface area is 198 Å². The zero-order valence-corrected chi connectivity index (χ0v) is 20.1. The van der Waals surface area contributed by atoms with Gasteiger partial charge in [-0.2, -0.15) is 16.8 Å². The summed E-state index contributed by atoms with van der Waals surface area (Å²) in [6, 6.07) is 20.4. The molecule has 0 saturated carbocycles. The van der Waals surface area contributed by atoms with Gasteiger partial charge in [0.05, 0.1) is 35.3 Å². The number of nitrogens with zero attached hydrogens (tertiary/aromatic N) is 1. The Hall–Kier alpha value is -3.25. The molecular formula is C23H23N3O6S2. The van der Waals surface area contributed by atoms with Gasteiger partial charge in [0, 0.05) is 23.6 Å². The fraction of sp³-hybridized carbons (Fsp3) is 0.174. The summed E-state index contributed by atoms with van der Waals surface area (Å²) in [5.41, 5.74) is 4.20. The molecule has 0 unspecified atom stereocenters. The van der Waals surface area contributed by atoms with E-state index in [1.165, 1.54) is 6.07 Å². The van der Waals surface area contributed by atoms with Crippen LogP contribution in [0.15, 0.2) is 66.7 Å². The van der Waals surface area contributed by atoms with Crippen LogP contribution < -0.4 is 10.0 Å². The molecular weight excluding hydrogens is 478 g/mol. The third-order valence-electron chi connectivity index (χ3n) is 4.98. The van der Waals surface area contributed by atoms with Crippen LogP contribution in [0.4, 0.5) is 17.1 Å². The maximum Gasteiger partial charge on any atom is 0.374 e. The van der Waals surface area contributed by atoms with Gasteiger partial charge in [0.2, 0.25) is 0 Å². The number of methoxy groups -OCH3 is 1. The van der Waals surface area contributed by atoms with E-state index in [-0.39, 0.29) is 5.69 Å². The maximum absolute atomic E-state index is 12.0. The van der Waals surface area contributed by atoms with Crippen molar-refractivity contribution in [3.05, 3.63) is 72.3 Å². The predicted molar refractivity (Wildman–Crippen MR) is 133 cm³/mol. The van der Waals surface area contributed by atoms with E-state index >= 15 is 0 Å². The summed E-state index contributed by atoms with van der Waals surface area (Å²) in [6.45, 7) is 0.391. The van der Waals surface area contributed by atoms with E-state index in [1.807, 2.05) is 48.5 Å². The van der Waals surface area contributed by atoms with Gasteiger partial charge >= 0.3 is 10.3 Å². The number of para-hydroxylation sites is 2. The first-order valence-corrected chi connectivity index (χ1v) is 13.5. The molecule has 0 aliphatic rings. The molecule has 2 N–H and O–H groups in total. The molecule has 0 aliphatic carbocycles. The van der Waals surface area contributed by atoms with Crippen molar-refractivity contribution in [1.82, 2.24) is 4.98 Å². The van der Waals surface area contributed by atoms with Crippen molar-refractivity contribution in [2.75, 3.05) is 30.0 Å². The van der Waals surface area contributed by atoms with Gasteiger partial charge in [-0.15, -0.1) is 3.63 Å². The summed E-state index contributed by atoms with van der Waals surface area (Å²) in [5, 5.41) is 5.37. The lowest BCUT2D eigenvalue weighted by atomic mass is 10.1. The van der Waals surface area contributed by atoms with Gasteiger partial charge in [0.15, 0.2) is 0 Å². The number of hydrogen-bond donors (Lipinski definition) is 2. The SMILES string of the molecule is COCCc1cc(NS(=O)(=O)OS(C)(=O)=O)ccc1Nc1c2ccccc2nc2ccccc12. The molecule has 0 amide bonds. The summed E-state index contributed by atoms with van der Waals surface area (Å²) < 4.78 is 58.1. The third kappa shape index (κ3) is 5.62. The molecule has 0 aliphatic heterocycles. The highest BCUT2D eigenvalue weighted by Gasteiger charge is 2.19. The van der Waals surface area contributed by atoms with Gasteiger partial charge in [-0.25, -0.2) is 4.98 Å². The molecule has 4 rings (SSSR count). The standard InChI is InChI=1S/C23H23N3O6S2/c1-31-14-13-16-15-17(26-34(29,30)32-33(2,27)28)11-12-20(16)25-23-18-7-3-5-9-21(18)24-22-10-6-4-8-19(22)23/h3-12,15,26H,13-14H2,1-2H3,(H,24,25). The second kappa shape index (κ2) is 9.55. The molecule has 0 radical (unpaired) electrons. The summed E-state index contributed by atoms with van der Waals surface area (Å²) in [7, 11) is -7.19. The molecule has 0 atom stereocenters. The lowest BCUT2D eigenvalue weighted by Gasteiger charge is -2.17. The van der Waals surface area contributed by atoms with Crippen LogP contribution in [-0.2, 0) is 35.2 Å². The van der Waals surface area contributed by atoms with Crippen LogP contribution in [0.25, 0.3) is 21.8 Å². The number of ether oxygens (including phenoxy) is 1. The molecule has 0 saturated heterocycles. The predicted octanol–water partition coefficient (Wildman–Crippen LogP) is 3.95. The lowest BCUT2D eigenvalue weighted by Crippen LogP contribution is -2.20. The van der Waals surface area contributed by atoms with Gasteiger partial charge in [-0.3, -0.25) is 4.72 Å². The van der Waals surface area contributed by atoms with Crippen LogP contribution in [0.2, 0.25) is 0 Å². The van der Waals surface area contributed by atoms with E-state index < -0.39 is 20.4 Å². The molecule has 178 valence electrons. The van der Waals surface area contributed by atoms with E-state index in [4.69, 9.17) is 9.72 Å². The number of benzene rings is 3. The molecule has 11 heteroatoms. The number of pyridine rings is 1. The van der Waals surface area contributed by atoms with Crippen LogP contribution >= 0.6 is 0 Å². The minimum Gasteiger partial charge on any atom is -0.384 e. The largest absolute Gasteiger partial charge is 0.384 e. The zero-order chi connectivity index (χ0) is 24.3. The average Bonchev–Trinajstić information content (AvgIpc) is 2.76. The van der Waals surface area contributed by atoms with E-state index in [0.29, 0.717) is 19.3 Å². The van der Waals surface area contributed by atoms with Crippen molar-refractivity contribution >= 4 is 59.3 Å². The number of anilines is 3. The van der Waals surface area contributed by atoms with Crippen LogP contribution in [0, 0.1) is 0 Å². The topological polar surface area (TPSA) is 124 Å². The van der Waals surface area contributed by atoms with Crippen LogP contribution in [0.5, 0.6) is 0 Å². The minimum atomic E-state index is -4.56. The second-order valence-corrected chi connectivity index (χ2v) is 10.7.